The number of carboxylic acids is 1. The highest BCUT2D eigenvalue weighted by molar-refractivity contribution is 5.88. The van der Waals surface area contributed by atoms with Crippen LogP contribution in [0, 0.1) is 6.92 Å². The Hall–Kier alpha value is -2.56. The van der Waals surface area contributed by atoms with Crippen LogP contribution in [0.1, 0.15) is 15.9 Å². The van der Waals surface area contributed by atoms with Gasteiger partial charge in [0.05, 0.1) is 12.8 Å². The van der Waals surface area contributed by atoms with Gasteiger partial charge in [0.25, 0.3) is 5.56 Å². The van der Waals surface area contributed by atoms with Crippen LogP contribution in [0.15, 0.2) is 35.1 Å². The first-order valence-electron chi connectivity index (χ1n) is 5.64. The molecule has 0 unspecified atom stereocenters. The molecular formula is C14H13NO4. The largest absolute Gasteiger partial charge is 0.497 e. The maximum absolute atomic E-state index is 11.7. The fraction of sp³-hybridized carbons (Fsp3) is 0.143. The summed E-state index contributed by atoms with van der Waals surface area (Å²) in [5, 5.41) is 8.89. The molecule has 0 aliphatic heterocycles. The second kappa shape index (κ2) is 4.97. The lowest BCUT2D eigenvalue weighted by Crippen LogP contribution is -2.18. The third-order valence-corrected chi connectivity index (χ3v) is 2.83. The average molecular weight is 259 g/mol. The number of carbonyl (C=O) groups is 1. The summed E-state index contributed by atoms with van der Waals surface area (Å²) in [6.45, 7) is 1.75. The lowest BCUT2D eigenvalue weighted by Gasteiger charge is -2.08. The predicted molar refractivity (Wildman–Crippen MR) is 70.7 cm³/mol. The zero-order valence-electron chi connectivity index (χ0n) is 10.6. The van der Waals surface area contributed by atoms with Crippen LogP contribution in [0.2, 0.25) is 0 Å². The molecule has 0 saturated heterocycles. The predicted octanol–water partition coefficient (Wildman–Crippen LogP) is 2.06. The molecule has 1 aromatic carbocycles. The number of hydrogen-bond donors (Lipinski definition) is 2. The molecule has 0 amide bonds. The summed E-state index contributed by atoms with van der Waals surface area (Å²) in [6, 6.07) is 8.56. The smallest absolute Gasteiger partial charge is 0.341 e. The number of pyridine rings is 1. The molecule has 1 heterocycles. The quantitative estimate of drug-likeness (QED) is 0.884. The SMILES string of the molecule is COc1cccc(-c2[nH]c(=O)c(C(=O)O)cc2C)c1. The van der Waals surface area contributed by atoms with Crippen LogP contribution in [0.3, 0.4) is 0 Å². The summed E-state index contributed by atoms with van der Waals surface area (Å²) >= 11 is 0. The highest BCUT2D eigenvalue weighted by atomic mass is 16.5. The highest BCUT2D eigenvalue weighted by Gasteiger charge is 2.12. The Bertz CT molecular complexity index is 688. The molecule has 98 valence electrons. The van der Waals surface area contributed by atoms with Crippen molar-refractivity contribution in [2.75, 3.05) is 7.11 Å². The zero-order valence-corrected chi connectivity index (χ0v) is 10.6. The average Bonchev–Trinajstić information content (AvgIpc) is 2.40. The van der Waals surface area contributed by atoms with E-state index in [9.17, 15) is 9.59 Å². The Morgan fingerprint density at radius 3 is 2.68 bits per heavy atom. The number of methoxy groups -OCH3 is 1. The number of nitrogens with one attached hydrogen (secondary N) is 1. The van der Waals surface area contributed by atoms with Gasteiger partial charge in [-0.25, -0.2) is 4.79 Å². The molecular weight excluding hydrogens is 246 g/mol. The van der Waals surface area contributed by atoms with Crippen LogP contribution in [0.25, 0.3) is 11.3 Å². The molecule has 19 heavy (non-hydrogen) atoms. The van der Waals surface area contributed by atoms with Crippen molar-refractivity contribution in [2.45, 2.75) is 6.92 Å². The second-order valence-corrected chi connectivity index (χ2v) is 4.11. The van der Waals surface area contributed by atoms with Gasteiger partial charge >= 0.3 is 5.97 Å². The third kappa shape index (κ3) is 2.49. The van der Waals surface area contributed by atoms with Crippen LogP contribution in [-0.2, 0) is 0 Å². The van der Waals surface area contributed by atoms with Gasteiger partial charge in [-0.05, 0) is 30.7 Å². The van der Waals surface area contributed by atoms with Crippen molar-refractivity contribution in [1.82, 2.24) is 4.98 Å². The molecule has 5 nitrogen and oxygen atoms in total. The Kier molecular flexibility index (Phi) is 3.37. The van der Waals surface area contributed by atoms with Crippen LogP contribution in [0.5, 0.6) is 5.75 Å². The van der Waals surface area contributed by atoms with Crippen molar-refractivity contribution in [3.05, 3.63) is 51.8 Å². The molecule has 0 spiro atoms. The van der Waals surface area contributed by atoms with Gasteiger partial charge < -0.3 is 14.8 Å². The zero-order chi connectivity index (χ0) is 14.0. The van der Waals surface area contributed by atoms with E-state index in [2.05, 4.69) is 4.98 Å². The van der Waals surface area contributed by atoms with Crippen LogP contribution in [0.4, 0.5) is 0 Å². The summed E-state index contributed by atoms with van der Waals surface area (Å²) in [5.41, 5.74) is 1.17. The number of rotatable bonds is 3. The number of aromatic carboxylic acids is 1. The summed E-state index contributed by atoms with van der Waals surface area (Å²) in [7, 11) is 1.56. The molecule has 1 aromatic heterocycles. The number of H-pyrrole nitrogens is 1. The van der Waals surface area contributed by atoms with Gasteiger partial charge in [0.2, 0.25) is 0 Å². The van der Waals surface area contributed by atoms with E-state index in [4.69, 9.17) is 9.84 Å². The van der Waals surface area contributed by atoms with Crippen molar-refractivity contribution in [3.63, 3.8) is 0 Å². The van der Waals surface area contributed by atoms with Gasteiger partial charge in [0, 0.05) is 5.56 Å². The third-order valence-electron chi connectivity index (χ3n) is 2.83. The molecule has 0 aliphatic carbocycles. The first-order chi connectivity index (χ1) is 9.02. The molecule has 2 rings (SSSR count). The van der Waals surface area contributed by atoms with Crippen LogP contribution in [-0.4, -0.2) is 23.2 Å². The maximum Gasteiger partial charge on any atom is 0.341 e. The number of ether oxygens (including phenoxy) is 1. The van der Waals surface area contributed by atoms with Gasteiger partial charge in [0.15, 0.2) is 0 Å². The molecule has 0 radical (unpaired) electrons. The first-order valence-corrected chi connectivity index (χ1v) is 5.64. The normalized spacial score (nSPS) is 10.2. The van der Waals surface area contributed by atoms with Crippen molar-refractivity contribution in [1.29, 1.82) is 0 Å². The number of hydrogen-bond acceptors (Lipinski definition) is 3. The van der Waals surface area contributed by atoms with Crippen molar-refractivity contribution >= 4 is 5.97 Å². The van der Waals surface area contributed by atoms with E-state index >= 15 is 0 Å². The monoisotopic (exact) mass is 259 g/mol. The fourth-order valence-corrected chi connectivity index (χ4v) is 1.87. The number of aromatic nitrogens is 1. The Labute approximate surface area is 109 Å². The topological polar surface area (TPSA) is 79.4 Å². The summed E-state index contributed by atoms with van der Waals surface area (Å²) in [5.74, 6) is -0.568. The molecule has 0 atom stereocenters. The number of benzene rings is 1. The lowest BCUT2D eigenvalue weighted by molar-refractivity contribution is 0.0695. The lowest BCUT2D eigenvalue weighted by atomic mass is 10.0. The molecule has 2 aromatic rings. The van der Waals surface area contributed by atoms with E-state index in [1.54, 1.807) is 32.2 Å². The molecule has 2 N–H and O–H groups in total. The van der Waals surface area contributed by atoms with E-state index in [-0.39, 0.29) is 5.56 Å². The maximum atomic E-state index is 11.7. The van der Waals surface area contributed by atoms with Gasteiger partial charge in [-0.3, -0.25) is 4.79 Å². The Morgan fingerprint density at radius 1 is 1.32 bits per heavy atom. The van der Waals surface area contributed by atoms with Gasteiger partial charge in [-0.15, -0.1) is 0 Å². The second-order valence-electron chi connectivity index (χ2n) is 4.11. The van der Waals surface area contributed by atoms with Crippen molar-refractivity contribution in [3.8, 4) is 17.0 Å². The van der Waals surface area contributed by atoms with E-state index in [0.29, 0.717) is 17.0 Å². The highest BCUT2D eigenvalue weighted by Crippen LogP contribution is 2.24. The minimum atomic E-state index is -1.23. The summed E-state index contributed by atoms with van der Waals surface area (Å²) in [6.07, 6.45) is 0. The van der Waals surface area contributed by atoms with Crippen molar-refractivity contribution < 1.29 is 14.6 Å². The minimum absolute atomic E-state index is 0.260. The molecule has 0 saturated carbocycles. The molecule has 0 bridgehead atoms. The summed E-state index contributed by atoms with van der Waals surface area (Å²) < 4.78 is 5.12. The van der Waals surface area contributed by atoms with Gasteiger partial charge in [0.1, 0.15) is 11.3 Å². The van der Waals surface area contributed by atoms with Gasteiger partial charge in [-0.2, -0.15) is 0 Å². The Morgan fingerprint density at radius 2 is 2.05 bits per heavy atom. The van der Waals surface area contributed by atoms with E-state index in [0.717, 1.165) is 5.56 Å². The van der Waals surface area contributed by atoms with E-state index in [1.165, 1.54) is 6.07 Å². The van der Waals surface area contributed by atoms with Crippen LogP contribution < -0.4 is 10.3 Å². The number of aryl methyl sites for hydroxylation is 1. The molecule has 5 heteroatoms. The van der Waals surface area contributed by atoms with Crippen molar-refractivity contribution in [2.24, 2.45) is 0 Å². The number of carboxylic acid groups (broad SMARTS) is 1. The molecule has 0 fully saturated rings. The molecule has 0 aliphatic rings. The fourth-order valence-electron chi connectivity index (χ4n) is 1.87. The van der Waals surface area contributed by atoms with E-state index in [1.807, 2.05) is 6.07 Å². The summed E-state index contributed by atoms with van der Waals surface area (Å²) in [4.78, 5) is 25.2. The minimum Gasteiger partial charge on any atom is -0.497 e. The number of aromatic amines is 1. The first kappa shape index (κ1) is 12.9. The van der Waals surface area contributed by atoms with Gasteiger partial charge in [-0.1, -0.05) is 12.1 Å². The Balaban J connectivity index is 2.60. The van der Waals surface area contributed by atoms with Crippen LogP contribution >= 0.6 is 0 Å². The van der Waals surface area contributed by atoms with E-state index < -0.39 is 11.5 Å². The standard InChI is InChI=1S/C14H13NO4/c1-8-6-11(14(17)18)13(16)15-12(8)9-4-3-5-10(7-9)19-2/h3-7H,1-2H3,(H,15,16)(H,17,18).